The summed E-state index contributed by atoms with van der Waals surface area (Å²) in [7, 11) is 0. The Labute approximate surface area is 249 Å². The topological polar surface area (TPSA) is 38.9 Å². The minimum absolute atomic E-state index is 0. The number of para-hydroxylation sites is 1. The van der Waals surface area contributed by atoms with Gasteiger partial charge in [-0.15, -0.1) is 53.6 Å². The maximum atomic E-state index is 7.98. The second kappa shape index (κ2) is 12.5. The van der Waals surface area contributed by atoms with Crippen molar-refractivity contribution in [3.8, 4) is 22.5 Å². The first-order valence-electron chi connectivity index (χ1n) is 15.1. The van der Waals surface area contributed by atoms with Gasteiger partial charge in [-0.05, 0) is 60.1 Å². The molecule has 4 heteroatoms. The molecule has 1 aliphatic carbocycles. The summed E-state index contributed by atoms with van der Waals surface area (Å²) in [6, 6.07) is 27.0. The van der Waals surface area contributed by atoms with Crippen LogP contribution in [0.5, 0.6) is 0 Å². The van der Waals surface area contributed by atoms with Crippen molar-refractivity contribution in [2.45, 2.75) is 44.9 Å². The molecule has 0 aliphatic heterocycles. The summed E-state index contributed by atoms with van der Waals surface area (Å²) in [5, 5.41) is 1.89. The first kappa shape index (κ1) is 22.2. The van der Waals surface area contributed by atoms with Crippen LogP contribution in [0.25, 0.3) is 44.5 Å². The summed E-state index contributed by atoms with van der Waals surface area (Å²) in [6.07, 6.45) is 8.59. The van der Waals surface area contributed by atoms with E-state index in [0.29, 0.717) is 11.1 Å². The zero-order chi connectivity index (χ0) is 29.2. The van der Waals surface area contributed by atoms with E-state index in [2.05, 4.69) is 47.4 Å². The minimum atomic E-state index is -0.344. The molecule has 6 aromatic rings. The molecule has 1 aliphatic rings. The Bertz CT molecular complexity index is 1880. The van der Waals surface area contributed by atoms with Gasteiger partial charge in [0.25, 0.3) is 0 Å². The molecule has 3 nitrogen and oxygen atoms in total. The van der Waals surface area contributed by atoms with Crippen LogP contribution in [0, 0.1) is 19.1 Å². The SMILES string of the molecule is Cc1cc(-c2[c-]cccc2)ncc1C1CCCCC1.[2H]c1nc(-c2[c-]c3oc4ccccc4c3cc2)c([2H])c([2H])c1[2H].[Ir]. The third kappa shape index (κ3) is 6.03. The van der Waals surface area contributed by atoms with Gasteiger partial charge < -0.3 is 14.4 Å². The summed E-state index contributed by atoms with van der Waals surface area (Å²) in [4.78, 5) is 8.62. The van der Waals surface area contributed by atoms with Crippen LogP contribution in [0.15, 0.2) is 102 Å². The maximum absolute atomic E-state index is 7.98. The van der Waals surface area contributed by atoms with E-state index in [1.165, 1.54) is 43.2 Å². The molecule has 0 atom stereocenters. The van der Waals surface area contributed by atoms with E-state index in [1.54, 1.807) is 6.07 Å². The summed E-state index contributed by atoms with van der Waals surface area (Å²) in [6.45, 7) is 2.22. The normalized spacial score (nSPS) is 14.9. The average Bonchev–Trinajstić information content (AvgIpc) is 3.41. The summed E-state index contributed by atoms with van der Waals surface area (Å²) in [5.41, 5.74) is 6.89. The number of aromatic nitrogens is 2. The van der Waals surface area contributed by atoms with Crippen molar-refractivity contribution < 1.29 is 30.0 Å². The molecule has 1 saturated carbocycles. The Morgan fingerprint density at radius 1 is 0.872 bits per heavy atom. The molecule has 3 aromatic carbocycles. The van der Waals surface area contributed by atoms with Crippen LogP contribution >= 0.6 is 0 Å². The van der Waals surface area contributed by atoms with Gasteiger partial charge in [-0.1, -0.05) is 72.6 Å². The number of fused-ring (bicyclic) bond motifs is 3. The first-order chi connectivity index (χ1) is 20.4. The van der Waals surface area contributed by atoms with Crippen molar-refractivity contribution in [1.29, 1.82) is 0 Å². The van der Waals surface area contributed by atoms with Gasteiger partial charge in [0.15, 0.2) is 0 Å². The predicted molar refractivity (Wildman–Crippen MR) is 155 cm³/mol. The van der Waals surface area contributed by atoms with Gasteiger partial charge >= 0.3 is 0 Å². The number of rotatable bonds is 3. The van der Waals surface area contributed by atoms with Crippen molar-refractivity contribution in [2.24, 2.45) is 0 Å². The summed E-state index contributed by atoms with van der Waals surface area (Å²) >= 11 is 0. The van der Waals surface area contributed by atoms with E-state index in [4.69, 9.17) is 9.90 Å². The standard InChI is InChI=1S/C18H20N.C17H10NO.Ir/c1-14-12-18(16-10-6-3-7-11-16)19-13-17(14)15-8-4-2-5-9-15;1-2-7-16-13(5-1)14-9-8-12(11-17(14)19-16)15-6-3-4-10-18-15;/h3,6-7,10,12-13,15H,2,4-5,8-9H2,1H3;1-10H;/q2*-1;/i;3D,4D,6D,10D;. The van der Waals surface area contributed by atoms with Crippen molar-refractivity contribution in [3.63, 3.8) is 0 Å². The molecule has 0 N–H and O–H groups in total. The third-order valence-electron chi connectivity index (χ3n) is 7.20. The molecule has 1 fully saturated rings. The van der Waals surface area contributed by atoms with Crippen LogP contribution in [0.4, 0.5) is 0 Å². The number of nitrogens with zero attached hydrogens (tertiary/aromatic N) is 2. The Morgan fingerprint density at radius 3 is 2.54 bits per heavy atom. The maximum Gasteiger partial charge on any atom is 0.123 e. The Balaban J connectivity index is 0.000000170. The Kier molecular flexibility index (Phi) is 7.14. The molecule has 0 saturated heterocycles. The quantitative estimate of drug-likeness (QED) is 0.174. The Hall–Kier alpha value is -3.59. The van der Waals surface area contributed by atoms with Gasteiger partial charge in [-0.3, -0.25) is 0 Å². The van der Waals surface area contributed by atoms with Crippen molar-refractivity contribution in [3.05, 3.63) is 120 Å². The molecule has 0 amide bonds. The number of aryl methyl sites for hydroxylation is 1. The van der Waals surface area contributed by atoms with Crippen LogP contribution in [0.2, 0.25) is 0 Å². The van der Waals surface area contributed by atoms with Crippen LogP contribution in [0.1, 0.15) is 54.6 Å². The van der Waals surface area contributed by atoms with E-state index in [1.807, 2.05) is 48.5 Å². The fraction of sp³-hybridized carbons (Fsp3) is 0.200. The summed E-state index contributed by atoms with van der Waals surface area (Å²) < 4.78 is 36.7. The molecule has 3 aromatic heterocycles. The molecule has 7 rings (SSSR count). The molecular formula is C35H30IrN2O-2. The third-order valence-corrected chi connectivity index (χ3v) is 7.20. The monoisotopic (exact) mass is 691 g/mol. The number of furan rings is 1. The van der Waals surface area contributed by atoms with Crippen molar-refractivity contribution in [2.75, 3.05) is 0 Å². The largest absolute Gasteiger partial charge is 0.477 e. The number of hydrogen-bond acceptors (Lipinski definition) is 3. The molecule has 1 radical (unpaired) electrons. The van der Waals surface area contributed by atoms with Gasteiger partial charge in [0.05, 0.1) is 11.1 Å². The molecular weight excluding hydrogens is 657 g/mol. The Morgan fingerprint density at radius 2 is 1.72 bits per heavy atom. The average molecular weight is 691 g/mol. The molecule has 3 heterocycles. The second-order valence-electron chi connectivity index (χ2n) is 9.70. The molecule has 0 unspecified atom stereocenters. The summed E-state index contributed by atoms with van der Waals surface area (Å²) in [5.74, 6) is 0.732. The van der Waals surface area contributed by atoms with Crippen molar-refractivity contribution in [1.82, 2.24) is 9.97 Å². The van der Waals surface area contributed by atoms with Crippen LogP contribution in [0.3, 0.4) is 0 Å². The van der Waals surface area contributed by atoms with Crippen LogP contribution < -0.4 is 0 Å². The fourth-order valence-electron chi connectivity index (χ4n) is 5.26. The smallest absolute Gasteiger partial charge is 0.123 e. The predicted octanol–water partition coefficient (Wildman–Crippen LogP) is 9.35. The number of hydrogen-bond donors (Lipinski definition) is 0. The zero-order valence-corrected chi connectivity index (χ0v) is 24.1. The van der Waals surface area contributed by atoms with Gasteiger partial charge in [0.1, 0.15) is 5.58 Å². The number of benzene rings is 3. The van der Waals surface area contributed by atoms with Gasteiger partial charge in [0.2, 0.25) is 0 Å². The zero-order valence-electron chi connectivity index (χ0n) is 25.7. The molecule has 39 heavy (non-hydrogen) atoms. The second-order valence-corrected chi connectivity index (χ2v) is 9.70. The van der Waals surface area contributed by atoms with E-state index in [-0.39, 0.29) is 50.1 Å². The van der Waals surface area contributed by atoms with Gasteiger partial charge in [-0.25, -0.2) is 0 Å². The number of pyridine rings is 2. The van der Waals surface area contributed by atoms with Crippen LogP contribution in [-0.4, -0.2) is 9.97 Å². The van der Waals surface area contributed by atoms with Gasteiger partial charge in [-0.2, -0.15) is 0 Å². The van der Waals surface area contributed by atoms with Gasteiger partial charge in [0, 0.05) is 32.5 Å². The molecule has 0 spiro atoms. The van der Waals surface area contributed by atoms with Crippen LogP contribution in [-0.2, 0) is 20.1 Å². The molecule has 197 valence electrons. The first-order valence-corrected chi connectivity index (χ1v) is 13.1. The van der Waals surface area contributed by atoms with E-state index < -0.39 is 0 Å². The van der Waals surface area contributed by atoms with E-state index >= 15 is 0 Å². The minimum Gasteiger partial charge on any atom is -0.477 e. The van der Waals surface area contributed by atoms with E-state index in [9.17, 15) is 0 Å². The van der Waals surface area contributed by atoms with E-state index in [0.717, 1.165) is 33.5 Å². The fourth-order valence-corrected chi connectivity index (χ4v) is 5.26. The van der Waals surface area contributed by atoms with Crippen molar-refractivity contribution >= 4 is 21.9 Å². The molecule has 0 bridgehead atoms.